The lowest BCUT2D eigenvalue weighted by Crippen LogP contribution is -2.04. The van der Waals surface area contributed by atoms with E-state index in [0.717, 1.165) is 15.5 Å². The molecule has 0 radical (unpaired) electrons. The van der Waals surface area contributed by atoms with Crippen molar-refractivity contribution in [2.24, 2.45) is 0 Å². The molecule has 0 aliphatic carbocycles. The van der Waals surface area contributed by atoms with Crippen LogP contribution in [-0.4, -0.2) is 23.6 Å². The maximum Gasteiger partial charge on any atom is 0.268 e. The lowest BCUT2D eigenvalue weighted by Gasteiger charge is -2.13. The fraction of sp³-hybridized carbons (Fsp3) is 0.231. The second-order valence-electron chi connectivity index (χ2n) is 3.77. The van der Waals surface area contributed by atoms with Gasteiger partial charge in [0, 0.05) is 11.0 Å². The molecule has 1 aromatic heterocycles. The number of nitrogens with zero attached hydrogens (tertiary/aromatic N) is 2. The quantitative estimate of drug-likeness (QED) is 0.810. The molecule has 1 N–H and O–H groups in total. The largest absolute Gasteiger partial charge is 0.489 e. The van der Waals surface area contributed by atoms with Gasteiger partial charge in [-0.05, 0) is 41.1 Å². The molecule has 0 spiro atoms. The van der Waals surface area contributed by atoms with Crippen LogP contribution in [0.5, 0.6) is 17.4 Å². The maximum atomic E-state index is 5.79. The summed E-state index contributed by atoms with van der Waals surface area (Å²) in [6, 6.07) is 5.62. The van der Waals surface area contributed by atoms with Crippen molar-refractivity contribution in [1.82, 2.24) is 9.97 Å². The van der Waals surface area contributed by atoms with Crippen molar-refractivity contribution in [2.75, 3.05) is 19.0 Å². The van der Waals surface area contributed by atoms with E-state index in [1.54, 1.807) is 7.11 Å². The highest BCUT2D eigenvalue weighted by atomic mass is 79.9. The minimum absolute atomic E-state index is 0.362. The fourth-order valence-electron chi connectivity index (χ4n) is 1.57. The first-order chi connectivity index (χ1) is 9.65. The Hall–Kier alpha value is -1.34. The van der Waals surface area contributed by atoms with Crippen LogP contribution < -0.4 is 14.8 Å². The first kappa shape index (κ1) is 15.1. The highest BCUT2D eigenvalue weighted by molar-refractivity contribution is 9.11. The average Bonchev–Trinajstić information content (AvgIpc) is 2.42. The van der Waals surface area contributed by atoms with E-state index < -0.39 is 0 Å². The smallest absolute Gasteiger partial charge is 0.268 e. The van der Waals surface area contributed by atoms with E-state index in [0.29, 0.717) is 23.2 Å². The van der Waals surface area contributed by atoms with Crippen molar-refractivity contribution in [2.45, 2.75) is 6.92 Å². The van der Waals surface area contributed by atoms with Crippen LogP contribution in [-0.2, 0) is 0 Å². The summed E-state index contributed by atoms with van der Waals surface area (Å²) in [7, 11) is 1.56. The Labute approximate surface area is 134 Å². The molecule has 7 heteroatoms. The molecule has 0 atom stereocenters. The molecule has 0 amide bonds. The van der Waals surface area contributed by atoms with Crippen molar-refractivity contribution >= 4 is 37.7 Å². The monoisotopic (exact) mass is 401 g/mol. The normalized spacial score (nSPS) is 10.2. The summed E-state index contributed by atoms with van der Waals surface area (Å²) in [5, 5.41) is 3.10. The van der Waals surface area contributed by atoms with Gasteiger partial charge in [-0.3, -0.25) is 0 Å². The van der Waals surface area contributed by atoms with Gasteiger partial charge in [-0.1, -0.05) is 15.9 Å². The summed E-state index contributed by atoms with van der Waals surface area (Å²) in [4.78, 5) is 8.25. The number of halogens is 2. The van der Waals surface area contributed by atoms with Gasteiger partial charge in [-0.15, -0.1) is 0 Å². The topological polar surface area (TPSA) is 56.3 Å². The zero-order valence-corrected chi connectivity index (χ0v) is 14.2. The molecule has 0 bridgehead atoms. The third-order valence-electron chi connectivity index (χ3n) is 2.42. The van der Waals surface area contributed by atoms with Crippen LogP contribution in [0.3, 0.4) is 0 Å². The van der Waals surface area contributed by atoms with Gasteiger partial charge >= 0.3 is 0 Å². The number of hydrogen-bond acceptors (Lipinski definition) is 5. The fourth-order valence-corrected chi connectivity index (χ4v) is 2.70. The third kappa shape index (κ3) is 3.40. The van der Waals surface area contributed by atoms with Crippen molar-refractivity contribution in [1.29, 1.82) is 0 Å². The number of aromatic nitrogens is 2. The Kier molecular flexibility index (Phi) is 5.19. The molecular formula is C13H13Br2N3O2. The molecule has 0 unspecified atom stereocenters. The summed E-state index contributed by atoms with van der Waals surface area (Å²) in [6.45, 7) is 2.71. The Morgan fingerprint density at radius 2 is 2.05 bits per heavy atom. The van der Waals surface area contributed by atoms with Gasteiger partial charge in [-0.25, -0.2) is 4.98 Å². The molecule has 20 heavy (non-hydrogen) atoms. The number of ether oxygens (including phenoxy) is 2. The lowest BCUT2D eigenvalue weighted by atomic mass is 10.3. The summed E-state index contributed by atoms with van der Waals surface area (Å²) < 4.78 is 12.9. The minimum Gasteiger partial charge on any atom is -0.489 e. The summed E-state index contributed by atoms with van der Waals surface area (Å²) >= 11 is 6.84. The predicted octanol–water partition coefficient (Wildman–Crippen LogP) is 4.23. The van der Waals surface area contributed by atoms with Gasteiger partial charge < -0.3 is 14.8 Å². The van der Waals surface area contributed by atoms with Crippen molar-refractivity contribution in [3.05, 3.63) is 33.5 Å². The molecule has 1 aromatic carbocycles. The highest BCUT2D eigenvalue weighted by Crippen LogP contribution is 2.37. The van der Waals surface area contributed by atoms with Crippen LogP contribution in [0.15, 0.2) is 33.5 Å². The van der Waals surface area contributed by atoms with Crippen LogP contribution in [0.1, 0.15) is 6.92 Å². The van der Waals surface area contributed by atoms with Gasteiger partial charge in [0.1, 0.15) is 12.1 Å². The van der Waals surface area contributed by atoms with Gasteiger partial charge in [0.2, 0.25) is 5.75 Å². The average molecular weight is 403 g/mol. The zero-order valence-electron chi connectivity index (χ0n) is 11.0. The molecule has 0 saturated heterocycles. The van der Waals surface area contributed by atoms with E-state index >= 15 is 0 Å². The van der Waals surface area contributed by atoms with Crippen molar-refractivity contribution in [3.8, 4) is 17.4 Å². The van der Waals surface area contributed by atoms with Crippen LogP contribution >= 0.6 is 31.9 Å². The molecule has 106 valence electrons. The van der Waals surface area contributed by atoms with E-state index in [1.807, 2.05) is 25.1 Å². The lowest BCUT2D eigenvalue weighted by molar-refractivity contribution is 0.368. The number of anilines is 1. The molecule has 1 heterocycles. The summed E-state index contributed by atoms with van der Waals surface area (Å²) in [5.74, 6) is 2.09. The first-order valence-corrected chi connectivity index (χ1v) is 7.50. The van der Waals surface area contributed by atoms with Crippen molar-refractivity contribution < 1.29 is 9.47 Å². The van der Waals surface area contributed by atoms with Crippen LogP contribution in [0, 0.1) is 0 Å². The van der Waals surface area contributed by atoms with Crippen molar-refractivity contribution in [3.63, 3.8) is 0 Å². The number of rotatable bonds is 5. The molecular weight excluding hydrogens is 390 g/mol. The molecule has 2 aromatic rings. The Bertz CT molecular complexity index is 608. The van der Waals surface area contributed by atoms with E-state index in [1.165, 1.54) is 6.33 Å². The van der Waals surface area contributed by atoms with Crippen LogP contribution in [0.4, 0.5) is 5.82 Å². The Morgan fingerprint density at radius 1 is 1.25 bits per heavy atom. The van der Waals surface area contributed by atoms with Gasteiger partial charge in [-0.2, -0.15) is 4.98 Å². The number of hydrogen-bond donors (Lipinski definition) is 1. The summed E-state index contributed by atoms with van der Waals surface area (Å²) in [6.07, 6.45) is 1.43. The van der Waals surface area contributed by atoms with Crippen LogP contribution in [0.25, 0.3) is 0 Å². The first-order valence-electron chi connectivity index (χ1n) is 5.91. The molecule has 0 fully saturated rings. The highest BCUT2D eigenvalue weighted by Gasteiger charge is 2.15. The van der Waals surface area contributed by atoms with E-state index in [9.17, 15) is 0 Å². The number of benzene rings is 1. The zero-order chi connectivity index (χ0) is 14.5. The Balaban J connectivity index is 2.35. The van der Waals surface area contributed by atoms with Crippen LogP contribution in [0.2, 0.25) is 0 Å². The van der Waals surface area contributed by atoms with Gasteiger partial charge in [0.25, 0.3) is 5.88 Å². The third-order valence-corrected chi connectivity index (χ3v) is 3.53. The molecule has 2 rings (SSSR count). The molecule has 0 aliphatic heterocycles. The van der Waals surface area contributed by atoms with E-state index in [2.05, 4.69) is 47.1 Å². The number of nitrogens with one attached hydrogen (secondary N) is 1. The minimum atomic E-state index is 0.362. The molecule has 5 nitrogen and oxygen atoms in total. The van der Waals surface area contributed by atoms with E-state index in [4.69, 9.17) is 9.47 Å². The maximum absolute atomic E-state index is 5.79. The summed E-state index contributed by atoms with van der Waals surface area (Å²) in [5.41, 5.74) is 0. The standard InChI is InChI=1S/C13H13Br2N3O2/c1-3-16-12-11(19-2)13(18-7-17-12)20-10-5-4-8(14)6-9(10)15/h4-7H,3H2,1-2H3,(H,16,17,18). The second-order valence-corrected chi connectivity index (χ2v) is 5.54. The SMILES string of the molecule is CCNc1ncnc(Oc2ccc(Br)cc2Br)c1OC. The molecule has 0 saturated carbocycles. The number of methoxy groups -OCH3 is 1. The van der Waals surface area contributed by atoms with E-state index in [-0.39, 0.29) is 0 Å². The molecule has 0 aliphatic rings. The Morgan fingerprint density at radius 3 is 2.70 bits per heavy atom. The van der Waals surface area contributed by atoms with Gasteiger partial charge in [0.05, 0.1) is 11.6 Å². The van der Waals surface area contributed by atoms with Gasteiger partial charge in [0.15, 0.2) is 5.82 Å². The second kappa shape index (κ2) is 6.90. The predicted molar refractivity (Wildman–Crippen MR) is 84.7 cm³/mol.